The van der Waals surface area contributed by atoms with Crippen molar-refractivity contribution in [3.05, 3.63) is 0 Å². The van der Waals surface area contributed by atoms with Crippen molar-refractivity contribution in [1.82, 2.24) is 10.6 Å². The van der Waals surface area contributed by atoms with Crippen LogP contribution in [0.3, 0.4) is 0 Å². The van der Waals surface area contributed by atoms with Crippen molar-refractivity contribution in [2.24, 2.45) is 10.7 Å². The number of carbonyl (C=O) groups excluding carboxylic acids is 1. The number of hydrogen-bond acceptors (Lipinski definition) is 2. The third-order valence-electron chi connectivity index (χ3n) is 1.06. The molecule has 0 rings (SSSR count). The molecule has 6 heteroatoms. The third-order valence-corrected chi connectivity index (χ3v) is 1.06. The molecule has 0 aromatic rings. The Labute approximate surface area is 87.9 Å². The van der Waals surface area contributed by atoms with Crippen molar-refractivity contribution in [3.63, 3.8) is 0 Å². The maximum atomic E-state index is 10.8. The molecule has 0 heterocycles. The molecule has 0 saturated heterocycles. The quantitative estimate of drug-likeness (QED) is 0.335. The maximum absolute atomic E-state index is 10.8. The molecule has 0 aliphatic carbocycles. The van der Waals surface area contributed by atoms with Gasteiger partial charge in [-0.3, -0.25) is 9.79 Å². The molecule has 4 N–H and O–H groups in total. The van der Waals surface area contributed by atoms with E-state index in [1.807, 2.05) is 0 Å². The molecule has 0 unspecified atom stereocenters. The van der Waals surface area contributed by atoms with Gasteiger partial charge >= 0.3 is 0 Å². The van der Waals surface area contributed by atoms with Crippen LogP contribution in [-0.4, -0.2) is 32.0 Å². The van der Waals surface area contributed by atoms with Crippen molar-refractivity contribution >= 4 is 28.8 Å². The van der Waals surface area contributed by atoms with E-state index in [9.17, 15) is 4.79 Å². The number of terminal acetylenes is 1. The van der Waals surface area contributed by atoms with Gasteiger partial charge in [0.05, 0.1) is 13.1 Å². The van der Waals surface area contributed by atoms with Crippen molar-refractivity contribution in [1.29, 1.82) is 0 Å². The maximum Gasteiger partial charge on any atom is 0.240 e. The number of hydrogen-bond donors (Lipinski definition) is 3. The van der Waals surface area contributed by atoms with Crippen LogP contribution in [0, 0.1) is 12.3 Å². The Kier molecular flexibility index (Phi) is 9.77. The summed E-state index contributed by atoms with van der Waals surface area (Å²) in [6.07, 6.45) is 4.93. The largest absolute Gasteiger partial charge is 0.370 e. The van der Waals surface area contributed by atoms with Gasteiger partial charge in [0, 0.05) is 7.05 Å². The number of aliphatic imine (C=N–C) groups is 1. The summed E-state index contributed by atoms with van der Waals surface area (Å²) in [6.45, 7) is 0.314. The Morgan fingerprint density at radius 3 is 2.69 bits per heavy atom. The molecule has 0 atom stereocenters. The van der Waals surface area contributed by atoms with Gasteiger partial charge in [-0.2, -0.15) is 0 Å². The number of rotatable bonds is 3. The number of nitrogens with zero attached hydrogens (tertiary/aromatic N) is 1. The average Bonchev–Trinajstić information content (AvgIpc) is 2.10. The van der Waals surface area contributed by atoms with Crippen LogP contribution in [-0.2, 0) is 4.79 Å². The van der Waals surface area contributed by atoms with Crippen molar-refractivity contribution < 1.29 is 4.79 Å². The first-order chi connectivity index (χ1) is 5.70. The minimum atomic E-state index is -0.209. The molecule has 1 amide bonds. The van der Waals surface area contributed by atoms with E-state index in [4.69, 9.17) is 12.2 Å². The molecule has 0 fully saturated rings. The van der Waals surface area contributed by atoms with E-state index in [0.717, 1.165) is 0 Å². The summed E-state index contributed by atoms with van der Waals surface area (Å²) in [5.74, 6) is 2.30. The lowest BCUT2D eigenvalue weighted by atomic mass is 10.5. The molecular formula is C7H13BrN4O. The van der Waals surface area contributed by atoms with Crippen molar-refractivity contribution in [2.45, 2.75) is 0 Å². The zero-order chi connectivity index (χ0) is 9.40. The van der Waals surface area contributed by atoms with Crippen LogP contribution >= 0.6 is 17.0 Å². The minimum Gasteiger partial charge on any atom is -0.370 e. The predicted octanol–water partition coefficient (Wildman–Crippen LogP) is -1.15. The van der Waals surface area contributed by atoms with Gasteiger partial charge in [0.15, 0.2) is 5.96 Å². The molecule has 74 valence electrons. The Morgan fingerprint density at radius 1 is 1.62 bits per heavy atom. The second-order valence-corrected chi connectivity index (χ2v) is 1.94. The highest BCUT2D eigenvalue weighted by molar-refractivity contribution is 8.93. The lowest BCUT2D eigenvalue weighted by Crippen LogP contribution is -2.40. The second kappa shape index (κ2) is 8.87. The average molecular weight is 249 g/mol. The number of guanidine groups is 1. The van der Waals surface area contributed by atoms with E-state index in [1.165, 1.54) is 7.05 Å². The molecule has 13 heavy (non-hydrogen) atoms. The zero-order valence-corrected chi connectivity index (χ0v) is 9.05. The molecule has 0 radical (unpaired) electrons. The third kappa shape index (κ3) is 8.69. The normalized spacial score (nSPS) is 9.38. The van der Waals surface area contributed by atoms with Crippen LogP contribution in [0.15, 0.2) is 4.99 Å². The van der Waals surface area contributed by atoms with Gasteiger partial charge in [0.25, 0.3) is 0 Å². The van der Waals surface area contributed by atoms with Crippen LogP contribution in [0.25, 0.3) is 0 Å². The molecular weight excluding hydrogens is 236 g/mol. The van der Waals surface area contributed by atoms with E-state index in [2.05, 4.69) is 21.5 Å². The summed E-state index contributed by atoms with van der Waals surface area (Å²) in [5, 5.41) is 5.05. The van der Waals surface area contributed by atoms with Crippen LogP contribution in [0.5, 0.6) is 0 Å². The van der Waals surface area contributed by atoms with E-state index in [0.29, 0.717) is 0 Å². The van der Waals surface area contributed by atoms with Crippen molar-refractivity contribution in [3.8, 4) is 12.3 Å². The fourth-order valence-electron chi connectivity index (χ4n) is 0.462. The summed E-state index contributed by atoms with van der Waals surface area (Å²) in [6, 6.07) is 0. The summed E-state index contributed by atoms with van der Waals surface area (Å²) in [7, 11) is 1.53. The Morgan fingerprint density at radius 2 is 2.23 bits per heavy atom. The second-order valence-electron chi connectivity index (χ2n) is 1.94. The predicted molar refractivity (Wildman–Crippen MR) is 57.7 cm³/mol. The topological polar surface area (TPSA) is 79.5 Å². The monoisotopic (exact) mass is 248 g/mol. The zero-order valence-electron chi connectivity index (χ0n) is 7.33. The molecule has 0 bridgehead atoms. The first-order valence-electron chi connectivity index (χ1n) is 3.37. The highest BCUT2D eigenvalue weighted by atomic mass is 79.9. The van der Waals surface area contributed by atoms with Crippen LogP contribution in [0.2, 0.25) is 0 Å². The van der Waals surface area contributed by atoms with Crippen LogP contribution in [0.4, 0.5) is 0 Å². The van der Waals surface area contributed by atoms with E-state index >= 15 is 0 Å². The Hall–Kier alpha value is -1.22. The van der Waals surface area contributed by atoms with Crippen LogP contribution < -0.4 is 16.4 Å². The summed E-state index contributed by atoms with van der Waals surface area (Å²) in [5.41, 5.74) is 5.27. The van der Waals surface area contributed by atoms with E-state index < -0.39 is 0 Å². The molecule has 0 aromatic carbocycles. The van der Waals surface area contributed by atoms with Gasteiger partial charge in [0.2, 0.25) is 5.91 Å². The lowest BCUT2D eigenvalue weighted by Gasteiger charge is -2.03. The van der Waals surface area contributed by atoms with E-state index in [1.54, 1.807) is 0 Å². The number of amides is 1. The fourth-order valence-corrected chi connectivity index (χ4v) is 0.462. The Balaban J connectivity index is 0. The highest BCUT2D eigenvalue weighted by Gasteiger charge is 1.97. The first kappa shape index (κ1) is 14.3. The van der Waals surface area contributed by atoms with Crippen molar-refractivity contribution in [2.75, 3.05) is 20.1 Å². The van der Waals surface area contributed by atoms with Gasteiger partial charge < -0.3 is 16.4 Å². The van der Waals surface area contributed by atoms with Gasteiger partial charge in [-0.15, -0.1) is 23.4 Å². The Bertz CT molecular complexity index is 221. The van der Waals surface area contributed by atoms with Gasteiger partial charge in [-0.05, 0) is 0 Å². The molecule has 0 aromatic heterocycles. The van der Waals surface area contributed by atoms with Gasteiger partial charge in [0.1, 0.15) is 0 Å². The number of carbonyl (C=O) groups is 1. The van der Waals surface area contributed by atoms with E-state index in [-0.39, 0.29) is 41.9 Å². The molecule has 0 saturated carbocycles. The van der Waals surface area contributed by atoms with Gasteiger partial charge in [-0.1, -0.05) is 5.92 Å². The highest BCUT2D eigenvalue weighted by Crippen LogP contribution is 1.64. The molecule has 5 nitrogen and oxygen atoms in total. The summed E-state index contributed by atoms with van der Waals surface area (Å²) >= 11 is 0. The minimum absolute atomic E-state index is 0. The molecule has 0 spiro atoms. The molecule has 0 aliphatic rings. The SMILES string of the molecule is Br.C#CCNC(=O)CNC(N)=NC. The number of nitrogens with one attached hydrogen (secondary N) is 2. The van der Waals surface area contributed by atoms with Gasteiger partial charge in [-0.25, -0.2) is 0 Å². The number of nitrogens with two attached hydrogens (primary N) is 1. The number of halogens is 1. The summed E-state index contributed by atoms with van der Waals surface area (Å²) in [4.78, 5) is 14.4. The molecule has 0 aliphatic heterocycles. The standard InChI is InChI=1S/C7H12N4O.BrH/c1-3-4-10-6(12)5-11-7(8)9-2;/h1H,4-5H2,2H3,(H,10,12)(H3,8,9,11);1H. The van der Waals surface area contributed by atoms with Crippen LogP contribution in [0.1, 0.15) is 0 Å². The fraction of sp³-hybridized carbons (Fsp3) is 0.429. The first-order valence-corrected chi connectivity index (χ1v) is 3.37. The smallest absolute Gasteiger partial charge is 0.240 e. The lowest BCUT2D eigenvalue weighted by molar-refractivity contribution is -0.119. The summed E-state index contributed by atoms with van der Waals surface area (Å²) < 4.78 is 0.